The van der Waals surface area contributed by atoms with Crippen molar-refractivity contribution < 1.29 is 0 Å². The topological polar surface area (TPSA) is 15.3 Å². The van der Waals surface area contributed by atoms with Crippen molar-refractivity contribution in [2.24, 2.45) is 5.92 Å². The summed E-state index contributed by atoms with van der Waals surface area (Å²) in [7, 11) is 0. The standard InChI is InChI=1S/C19H28N2/c1-3-10-18-16(9-1)13-17(20-18)14-21-12-6-5-8-15-7-2-4-11-19(15)21/h2,4,7,11,16-18,20H,1,3,5-6,8-10,12-14H2. The van der Waals surface area contributed by atoms with Gasteiger partial charge in [-0.25, -0.2) is 0 Å². The van der Waals surface area contributed by atoms with Crippen LogP contribution in [-0.4, -0.2) is 25.2 Å². The van der Waals surface area contributed by atoms with Crippen molar-refractivity contribution in [3.8, 4) is 0 Å². The van der Waals surface area contributed by atoms with Crippen LogP contribution >= 0.6 is 0 Å². The number of benzene rings is 1. The molecule has 21 heavy (non-hydrogen) atoms. The normalized spacial score (nSPS) is 32.4. The molecule has 1 aliphatic carbocycles. The Kier molecular flexibility index (Phi) is 3.89. The summed E-state index contributed by atoms with van der Waals surface area (Å²) < 4.78 is 0. The average Bonchev–Trinajstić information content (AvgIpc) is 2.82. The lowest BCUT2D eigenvalue weighted by Gasteiger charge is -2.28. The summed E-state index contributed by atoms with van der Waals surface area (Å²) in [5.41, 5.74) is 3.07. The zero-order chi connectivity index (χ0) is 14.1. The van der Waals surface area contributed by atoms with Crippen LogP contribution in [0.25, 0.3) is 0 Å². The number of anilines is 1. The number of aryl methyl sites for hydroxylation is 1. The molecule has 1 aromatic carbocycles. The van der Waals surface area contributed by atoms with Gasteiger partial charge in [-0.1, -0.05) is 31.0 Å². The first-order valence-corrected chi connectivity index (χ1v) is 8.99. The fraction of sp³-hybridized carbons (Fsp3) is 0.684. The Balaban J connectivity index is 1.47. The van der Waals surface area contributed by atoms with Crippen LogP contribution in [0.2, 0.25) is 0 Å². The molecule has 2 aliphatic heterocycles. The Morgan fingerprint density at radius 1 is 1.05 bits per heavy atom. The van der Waals surface area contributed by atoms with Crippen LogP contribution in [0.3, 0.4) is 0 Å². The van der Waals surface area contributed by atoms with Gasteiger partial charge in [0.1, 0.15) is 0 Å². The number of nitrogens with zero attached hydrogens (tertiary/aromatic N) is 1. The van der Waals surface area contributed by atoms with Crippen molar-refractivity contribution in [3.05, 3.63) is 29.8 Å². The van der Waals surface area contributed by atoms with Crippen molar-refractivity contribution in [2.45, 2.75) is 63.5 Å². The number of hydrogen-bond donors (Lipinski definition) is 1. The molecule has 3 aliphatic rings. The molecule has 0 spiro atoms. The molecule has 0 radical (unpaired) electrons. The quantitative estimate of drug-likeness (QED) is 0.890. The monoisotopic (exact) mass is 284 g/mol. The van der Waals surface area contributed by atoms with Gasteiger partial charge in [0.2, 0.25) is 0 Å². The Hall–Kier alpha value is -1.02. The molecule has 1 saturated carbocycles. The van der Waals surface area contributed by atoms with E-state index in [9.17, 15) is 0 Å². The summed E-state index contributed by atoms with van der Waals surface area (Å²) in [4.78, 5) is 2.66. The van der Waals surface area contributed by atoms with E-state index in [0.717, 1.165) is 12.0 Å². The highest BCUT2D eigenvalue weighted by molar-refractivity contribution is 5.54. The van der Waals surface area contributed by atoms with Gasteiger partial charge in [-0.15, -0.1) is 0 Å². The summed E-state index contributed by atoms with van der Waals surface area (Å²) in [6, 6.07) is 10.6. The highest BCUT2D eigenvalue weighted by Crippen LogP contribution is 2.34. The lowest BCUT2D eigenvalue weighted by molar-refractivity contribution is 0.325. The minimum absolute atomic E-state index is 0.712. The highest BCUT2D eigenvalue weighted by Gasteiger charge is 2.35. The van der Waals surface area contributed by atoms with E-state index in [4.69, 9.17) is 0 Å². The van der Waals surface area contributed by atoms with Crippen molar-refractivity contribution >= 4 is 5.69 Å². The van der Waals surface area contributed by atoms with Crippen LogP contribution in [0.4, 0.5) is 5.69 Å². The second-order valence-electron chi connectivity index (χ2n) is 7.28. The largest absolute Gasteiger partial charge is 0.370 e. The van der Waals surface area contributed by atoms with Crippen LogP contribution in [0.1, 0.15) is 50.5 Å². The zero-order valence-electron chi connectivity index (χ0n) is 13.1. The van der Waals surface area contributed by atoms with Crippen molar-refractivity contribution in [1.82, 2.24) is 5.32 Å². The number of nitrogens with one attached hydrogen (secondary N) is 1. The van der Waals surface area contributed by atoms with Crippen LogP contribution in [0.5, 0.6) is 0 Å². The van der Waals surface area contributed by atoms with Gasteiger partial charge < -0.3 is 10.2 Å². The Morgan fingerprint density at radius 3 is 2.90 bits per heavy atom. The summed E-state index contributed by atoms with van der Waals surface area (Å²) in [6.45, 7) is 2.45. The third-order valence-corrected chi connectivity index (χ3v) is 5.84. The lowest BCUT2D eigenvalue weighted by Crippen LogP contribution is -2.41. The fourth-order valence-electron chi connectivity index (χ4n) is 4.80. The first-order valence-electron chi connectivity index (χ1n) is 8.99. The van der Waals surface area contributed by atoms with Crippen LogP contribution < -0.4 is 10.2 Å². The van der Waals surface area contributed by atoms with Gasteiger partial charge >= 0.3 is 0 Å². The van der Waals surface area contributed by atoms with E-state index >= 15 is 0 Å². The number of fused-ring (bicyclic) bond motifs is 2. The molecule has 3 atom stereocenters. The SMILES string of the molecule is c1ccc2c(c1)CCCCN2CC1CC2CCCCC2N1. The summed E-state index contributed by atoms with van der Waals surface area (Å²) in [5.74, 6) is 0.964. The van der Waals surface area contributed by atoms with E-state index in [1.165, 1.54) is 70.1 Å². The minimum Gasteiger partial charge on any atom is -0.370 e. The minimum atomic E-state index is 0.712. The van der Waals surface area contributed by atoms with E-state index in [2.05, 4.69) is 34.5 Å². The zero-order valence-corrected chi connectivity index (χ0v) is 13.1. The molecule has 2 fully saturated rings. The van der Waals surface area contributed by atoms with Crippen molar-refractivity contribution in [1.29, 1.82) is 0 Å². The maximum absolute atomic E-state index is 3.95. The van der Waals surface area contributed by atoms with Gasteiger partial charge in [0.15, 0.2) is 0 Å². The van der Waals surface area contributed by atoms with Crippen molar-refractivity contribution in [3.63, 3.8) is 0 Å². The molecule has 1 N–H and O–H groups in total. The molecule has 2 heteroatoms. The maximum atomic E-state index is 3.95. The first kappa shape index (κ1) is 13.6. The Labute approximate surface area is 128 Å². The molecule has 4 rings (SSSR count). The number of para-hydroxylation sites is 1. The third-order valence-electron chi connectivity index (χ3n) is 5.84. The second-order valence-corrected chi connectivity index (χ2v) is 7.28. The predicted octanol–water partition coefficient (Wildman–Crippen LogP) is 3.75. The molecule has 1 saturated heterocycles. The third kappa shape index (κ3) is 2.83. The predicted molar refractivity (Wildman–Crippen MR) is 88.9 cm³/mol. The van der Waals surface area contributed by atoms with Gasteiger partial charge in [0.25, 0.3) is 0 Å². The Bertz CT molecular complexity index is 470. The van der Waals surface area contributed by atoms with E-state index < -0.39 is 0 Å². The number of rotatable bonds is 2. The molecule has 114 valence electrons. The molecule has 0 aromatic heterocycles. The van der Waals surface area contributed by atoms with Crippen molar-refractivity contribution in [2.75, 3.05) is 18.0 Å². The van der Waals surface area contributed by atoms with E-state index in [0.29, 0.717) is 6.04 Å². The van der Waals surface area contributed by atoms with Gasteiger partial charge in [0, 0.05) is 30.9 Å². The number of hydrogen-bond acceptors (Lipinski definition) is 2. The van der Waals surface area contributed by atoms with Crippen LogP contribution in [-0.2, 0) is 6.42 Å². The molecule has 0 amide bonds. The van der Waals surface area contributed by atoms with Gasteiger partial charge in [0.05, 0.1) is 0 Å². The smallest absolute Gasteiger partial charge is 0.0399 e. The fourth-order valence-corrected chi connectivity index (χ4v) is 4.80. The average molecular weight is 284 g/mol. The van der Waals surface area contributed by atoms with Crippen LogP contribution in [0, 0.1) is 5.92 Å². The first-order chi connectivity index (χ1) is 10.4. The van der Waals surface area contributed by atoms with E-state index in [1.807, 2.05) is 0 Å². The maximum Gasteiger partial charge on any atom is 0.0399 e. The molecule has 1 aromatic rings. The highest BCUT2D eigenvalue weighted by atomic mass is 15.2. The summed E-state index contributed by atoms with van der Waals surface area (Å²) >= 11 is 0. The molecular formula is C19H28N2. The molecule has 2 heterocycles. The second kappa shape index (κ2) is 6.00. The molecular weight excluding hydrogens is 256 g/mol. The molecule has 2 nitrogen and oxygen atoms in total. The van der Waals surface area contributed by atoms with Gasteiger partial charge in [-0.2, -0.15) is 0 Å². The van der Waals surface area contributed by atoms with Gasteiger partial charge in [-0.05, 0) is 56.1 Å². The Morgan fingerprint density at radius 2 is 1.95 bits per heavy atom. The van der Waals surface area contributed by atoms with E-state index in [1.54, 1.807) is 5.56 Å². The van der Waals surface area contributed by atoms with Crippen LogP contribution in [0.15, 0.2) is 24.3 Å². The molecule has 0 bridgehead atoms. The molecule has 3 unspecified atom stereocenters. The van der Waals surface area contributed by atoms with Gasteiger partial charge in [-0.3, -0.25) is 0 Å². The lowest BCUT2D eigenvalue weighted by atomic mass is 9.85. The summed E-state index contributed by atoms with van der Waals surface area (Å²) in [6.07, 6.45) is 11.1. The summed E-state index contributed by atoms with van der Waals surface area (Å²) in [5, 5.41) is 3.95. The van der Waals surface area contributed by atoms with E-state index in [-0.39, 0.29) is 0 Å².